The molecule has 0 radical (unpaired) electrons. The lowest BCUT2D eigenvalue weighted by atomic mass is 9.77. The van der Waals surface area contributed by atoms with E-state index in [4.69, 9.17) is 4.84 Å². The Hall–Kier alpha value is -0.860. The molecule has 24 heavy (non-hydrogen) atoms. The van der Waals surface area contributed by atoms with Crippen LogP contribution in [0.25, 0.3) is 0 Å². The Morgan fingerprint density at radius 3 is 2.54 bits per heavy atom. The lowest BCUT2D eigenvalue weighted by molar-refractivity contribution is -0.211. The molecule has 2 aliphatic carbocycles. The largest absolute Gasteiger partial charge is 0.481 e. The zero-order chi connectivity index (χ0) is 17.3. The molecule has 0 aromatic carbocycles. The second kappa shape index (κ2) is 7.17. The highest BCUT2D eigenvalue weighted by Crippen LogP contribution is 2.44. The third kappa shape index (κ3) is 3.86. The molecule has 5 nitrogen and oxygen atoms in total. The Labute approximate surface area is 139 Å². The number of alkyl halides is 3. The van der Waals surface area contributed by atoms with E-state index in [1.54, 1.807) is 0 Å². The third-order valence-electron chi connectivity index (χ3n) is 5.83. The normalized spacial score (nSPS) is 41.3. The SMILES string of the molecule is O=C(O)C1CCCC(C2NOC(C3CCCCC3C(F)(F)F)N2)C1. The molecule has 6 unspecified atom stereocenters. The Bertz CT molecular complexity index is 460. The van der Waals surface area contributed by atoms with Gasteiger partial charge in [-0.2, -0.15) is 18.7 Å². The highest BCUT2D eigenvalue weighted by molar-refractivity contribution is 5.70. The van der Waals surface area contributed by atoms with Crippen LogP contribution < -0.4 is 10.8 Å². The Morgan fingerprint density at radius 2 is 1.83 bits per heavy atom. The topological polar surface area (TPSA) is 70.6 Å². The number of hydrogen-bond acceptors (Lipinski definition) is 4. The van der Waals surface area contributed by atoms with Crippen molar-refractivity contribution in [2.45, 2.75) is 69.9 Å². The molecular formula is C16H25F3N2O3. The molecule has 3 rings (SSSR count). The summed E-state index contributed by atoms with van der Waals surface area (Å²) in [6.45, 7) is 0. The van der Waals surface area contributed by atoms with Crippen LogP contribution in [0.3, 0.4) is 0 Å². The van der Waals surface area contributed by atoms with Gasteiger partial charge in [0.15, 0.2) is 0 Å². The minimum atomic E-state index is -4.20. The van der Waals surface area contributed by atoms with Gasteiger partial charge in [0.05, 0.1) is 18.0 Å². The van der Waals surface area contributed by atoms with Gasteiger partial charge < -0.3 is 5.11 Å². The molecule has 3 fully saturated rings. The van der Waals surface area contributed by atoms with Gasteiger partial charge in [-0.3, -0.25) is 14.9 Å². The summed E-state index contributed by atoms with van der Waals surface area (Å²) in [6, 6.07) is 0. The predicted octanol–water partition coefficient (Wildman–Crippen LogP) is 3.02. The minimum absolute atomic E-state index is 0.0674. The molecule has 0 amide bonds. The minimum Gasteiger partial charge on any atom is -0.481 e. The van der Waals surface area contributed by atoms with Crippen LogP contribution in [-0.4, -0.2) is 29.6 Å². The molecule has 6 atom stereocenters. The standard InChI is InChI=1S/C16H25F3N2O3/c17-16(18,19)12-7-2-1-6-11(12)14-20-13(21-24-14)9-4-3-5-10(8-9)15(22)23/h9-14,20-21H,1-8H2,(H,22,23). The molecule has 1 heterocycles. The number of carboxylic acid groups (broad SMARTS) is 1. The summed E-state index contributed by atoms with van der Waals surface area (Å²) in [5, 5.41) is 12.3. The van der Waals surface area contributed by atoms with Crippen LogP contribution in [0.1, 0.15) is 51.4 Å². The molecule has 1 saturated heterocycles. The van der Waals surface area contributed by atoms with Crippen molar-refractivity contribution in [2.75, 3.05) is 0 Å². The molecule has 1 aliphatic heterocycles. The maximum Gasteiger partial charge on any atom is 0.392 e. The van der Waals surface area contributed by atoms with Gasteiger partial charge in [0.1, 0.15) is 6.23 Å². The van der Waals surface area contributed by atoms with E-state index in [0.717, 1.165) is 19.3 Å². The first-order chi connectivity index (χ1) is 11.4. The van der Waals surface area contributed by atoms with Gasteiger partial charge in [0.25, 0.3) is 0 Å². The number of hydroxylamine groups is 1. The fourth-order valence-corrected chi connectivity index (χ4v) is 4.52. The summed E-state index contributed by atoms with van der Waals surface area (Å²) in [5.74, 6) is -3.01. The zero-order valence-electron chi connectivity index (χ0n) is 13.5. The van der Waals surface area contributed by atoms with Crippen LogP contribution >= 0.6 is 0 Å². The number of halogens is 3. The molecule has 3 aliphatic rings. The first kappa shape index (κ1) is 17.9. The molecule has 0 aromatic rings. The Balaban J connectivity index is 1.61. The quantitative estimate of drug-likeness (QED) is 0.730. The van der Waals surface area contributed by atoms with Crippen LogP contribution in [0.15, 0.2) is 0 Å². The van der Waals surface area contributed by atoms with Crippen molar-refractivity contribution in [1.82, 2.24) is 10.8 Å². The van der Waals surface area contributed by atoms with Crippen LogP contribution in [0.4, 0.5) is 13.2 Å². The van der Waals surface area contributed by atoms with E-state index in [1.807, 2.05) is 0 Å². The summed E-state index contributed by atoms with van der Waals surface area (Å²) < 4.78 is 39.8. The van der Waals surface area contributed by atoms with Gasteiger partial charge >= 0.3 is 12.1 Å². The van der Waals surface area contributed by atoms with E-state index in [1.165, 1.54) is 0 Å². The third-order valence-corrected chi connectivity index (χ3v) is 5.83. The molecule has 3 N–H and O–H groups in total. The van der Waals surface area contributed by atoms with Crippen molar-refractivity contribution >= 4 is 5.97 Å². The highest BCUT2D eigenvalue weighted by Gasteiger charge is 2.50. The van der Waals surface area contributed by atoms with Crippen LogP contribution in [0.5, 0.6) is 0 Å². The van der Waals surface area contributed by atoms with Crippen molar-refractivity contribution < 1.29 is 27.9 Å². The Kier molecular flexibility index (Phi) is 5.36. The lowest BCUT2D eigenvalue weighted by Crippen LogP contribution is -2.47. The number of carboxylic acids is 1. The molecule has 0 aromatic heterocycles. The van der Waals surface area contributed by atoms with Crippen molar-refractivity contribution in [3.63, 3.8) is 0 Å². The molecule has 2 saturated carbocycles. The number of nitrogens with one attached hydrogen (secondary N) is 2. The van der Waals surface area contributed by atoms with Gasteiger partial charge in [0, 0.05) is 5.92 Å². The second-order valence-corrected chi connectivity index (χ2v) is 7.36. The molecular weight excluding hydrogens is 325 g/mol. The maximum absolute atomic E-state index is 13.3. The fraction of sp³-hybridized carbons (Fsp3) is 0.938. The molecule has 8 heteroatoms. The molecule has 0 spiro atoms. The van der Waals surface area contributed by atoms with E-state index in [-0.39, 0.29) is 24.4 Å². The fourth-order valence-electron chi connectivity index (χ4n) is 4.52. The van der Waals surface area contributed by atoms with Crippen LogP contribution in [0.2, 0.25) is 0 Å². The summed E-state index contributed by atoms with van der Waals surface area (Å²) >= 11 is 0. The Morgan fingerprint density at radius 1 is 1.08 bits per heavy atom. The summed E-state index contributed by atoms with van der Waals surface area (Å²) in [6.07, 6.45) is -0.206. The number of hydrogen-bond donors (Lipinski definition) is 3. The monoisotopic (exact) mass is 350 g/mol. The highest BCUT2D eigenvalue weighted by atomic mass is 19.4. The smallest absolute Gasteiger partial charge is 0.392 e. The predicted molar refractivity (Wildman–Crippen MR) is 79.5 cm³/mol. The van der Waals surface area contributed by atoms with Gasteiger partial charge in [0.2, 0.25) is 0 Å². The first-order valence-corrected chi connectivity index (χ1v) is 8.83. The lowest BCUT2D eigenvalue weighted by Gasteiger charge is -2.36. The summed E-state index contributed by atoms with van der Waals surface area (Å²) in [7, 11) is 0. The number of carbonyl (C=O) groups is 1. The van der Waals surface area contributed by atoms with E-state index < -0.39 is 30.2 Å². The molecule has 138 valence electrons. The maximum atomic E-state index is 13.3. The average molecular weight is 350 g/mol. The van der Waals surface area contributed by atoms with Crippen LogP contribution in [0, 0.1) is 23.7 Å². The van der Waals surface area contributed by atoms with Crippen molar-refractivity contribution in [3.05, 3.63) is 0 Å². The summed E-state index contributed by atoms with van der Waals surface area (Å²) in [4.78, 5) is 16.7. The van der Waals surface area contributed by atoms with Crippen LogP contribution in [-0.2, 0) is 9.63 Å². The summed E-state index contributed by atoms with van der Waals surface area (Å²) in [5.41, 5.74) is 2.83. The van der Waals surface area contributed by atoms with Crippen molar-refractivity contribution in [2.24, 2.45) is 23.7 Å². The van der Waals surface area contributed by atoms with Gasteiger partial charge in [-0.1, -0.05) is 19.3 Å². The van der Waals surface area contributed by atoms with E-state index >= 15 is 0 Å². The van der Waals surface area contributed by atoms with E-state index in [2.05, 4.69) is 10.8 Å². The van der Waals surface area contributed by atoms with E-state index in [9.17, 15) is 23.1 Å². The number of aliphatic carboxylic acids is 1. The van der Waals surface area contributed by atoms with Gasteiger partial charge in [-0.15, -0.1) is 0 Å². The van der Waals surface area contributed by atoms with E-state index in [0.29, 0.717) is 25.7 Å². The number of rotatable bonds is 3. The van der Waals surface area contributed by atoms with Crippen molar-refractivity contribution in [1.29, 1.82) is 0 Å². The average Bonchev–Trinajstić information content (AvgIpc) is 3.04. The molecule has 0 bridgehead atoms. The second-order valence-electron chi connectivity index (χ2n) is 7.36. The zero-order valence-corrected chi connectivity index (χ0v) is 13.5. The first-order valence-electron chi connectivity index (χ1n) is 8.83. The van der Waals surface area contributed by atoms with Gasteiger partial charge in [-0.25, -0.2) is 0 Å². The van der Waals surface area contributed by atoms with Gasteiger partial charge in [-0.05, 0) is 38.0 Å². The van der Waals surface area contributed by atoms with Crippen molar-refractivity contribution in [3.8, 4) is 0 Å².